The van der Waals surface area contributed by atoms with Crippen LogP contribution in [0.2, 0.25) is 0 Å². The minimum atomic E-state index is -2.06. The number of hydrogen-bond donors (Lipinski definition) is 3. The lowest BCUT2D eigenvalue weighted by Gasteiger charge is -2.41. The minimum absolute atomic E-state index is 0.0866. The number of carbonyl (C=O) groups is 2. The molecule has 1 fully saturated rings. The molecular formula is C22H23F2N5O5S2. The Morgan fingerprint density at radius 1 is 1.28 bits per heavy atom. The lowest BCUT2D eigenvalue weighted by atomic mass is 10.0. The molecule has 36 heavy (non-hydrogen) atoms. The molecule has 2 aromatic carbocycles. The summed E-state index contributed by atoms with van der Waals surface area (Å²) in [5.41, 5.74) is 3.96. The summed E-state index contributed by atoms with van der Waals surface area (Å²) >= 11 is -0.618. The number of likely N-dealkylation sites (N-methyl/N-ethyl adjacent to an activating group) is 1. The molecule has 3 aromatic rings. The first-order valence-electron chi connectivity index (χ1n) is 10.7. The molecule has 3 N–H and O–H groups in total. The van der Waals surface area contributed by atoms with Gasteiger partial charge in [0.05, 0.1) is 21.3 Å². The number of anilines is 1. The van der Waals surface area contributed by atoms with Crippen LogP contribution in [-0.2, 0) is 26.8 Å². The van der Waals surface area contributed by atoms with E-state index in [0.717, 1.165) is 16.8 Å². The average Bonchev–Trinajstić information content (AvgIpc) is 3.27. The van der Waals surface area contributed by atoms with Crippen LogP contribution in [0.15, 0.2) is 41.9 Å². The molecule has 1 aliphatic heterocycles. The highest BCUT2D eigenvalue weighted by Crippen LogP contribution is 2.24. The van der Waals surface area contributed by atoms with Crippen molar-refractivity contribution in [2.45, 2.75) is 25.0 Å². The second kappa shape index (κ2) is 10.5. The lowest BCUT2D eigenvalue weighted by molar-refractivity contribution is -0.120. The van der Waals surface area contributed by atoms with Crippen LogP contribution in [0, 0.1) is 11.6 Å². The normalized spacial score (nSPS) is 16.7. The van der Waals surface area contributed by atoms with Crippen molar-refractivity contribution in [3.8, 4) is 0 Å². The molecule has 0 aliphatic carbocycles. The quantitative estimate of drug-likeness (QED) is 0.377. The fourth-order valence-corrected chi connectivity index (χ4v) is 5.39. The van der Waals surface area contributed by atoms with Gasteiger partial charge in [0.2, 0.25) is 5.91 Å². The molecule has 3 amide bonds. The molecule has 1 aliphatic rings. The van der Waals surface area contributed by atoms with Gasteiger partial charge in [0, 0.05) is 38.3 Å². The van der Waals surface area contributed by atoms with E-state index in [4.69, 9.17) is 4.28 Å². The second-order valence-electron chi connectivity index (χ2n) is 8.61. The van der Waals surface area contributed by atoms with Crippen LogP contribution < -0.4 is 15.7 Å². The van der Waals surface area contributed by atoms with Crippen molar-refractivity contribution in [2.24, 2.45) is 0 Å². The van der Waals surface area contributed by atoms with Gasteiger partial charge < -0.3 is 15.3 Å². The summed E-state index contributed by atoms with van der Waals surface area (Å²) in [6, 6.07) is 5.80. The summed E-state index contributed by atoms with van der Waals surface area (Å²) in [7, 11) is 1.50. The van der Waals surface area contributed by atoms with Crippen molar-refractivity contribution in [3.63, 3.8) is 0 Å². The Morgan fingerprint density at radius 3 is 2.64 bits per heavy atom. The summed E-state index contributed by atoms with van der Waals surface area (Å²) in [4.78, 5) is 31.3. The zero-order chi connectivity index (χ0) is 26.0. The smallest absolute Gasteiger partial charge is 0.340 e. The maximum Gasteiger partial charge on any atom is 0.340 e. The predicted octanol–water partition coefficient (Wildman–Crippen LogP) is 2.02. The third-order valence-corrected chi connectivity index (χ3v) is 7.16. The predicted molar refractivity (Wildman–Crippen MR) is 130 cm³/mol. The summed E-state index contributed by atoms with van der Waals surface area (Å²) in [5.74, 6) is -2.23. The number of thiazole rings is 1. The minimum Gasteiger partial charge on any atom is -0.387 e. The first kappa shape index (κ1) is 26.0. The molecule has 0 radical (unpaired) electrons. The number of fused-ring (bicyclic) bond motifs is 1. The Labute approximate surface area is 211 Å². The molecule has 1 saturated heterocycles. The highest BCUT2D eigenvalue weighted by atomic mass is 32.2. The van der Waals surface area contributed by atoms with E-state index in [0.29, 0.717) is 17.3 Å². The van der Waals surface area contributed by atoms with Crippen LogP contribution in [0.1, 0.15) is 12.5 Å². The molecule has 0 saturated carbocycles. The molecule has 0 bridgehead atoms. The molecule has 14 heteroatoms. The number of nitrogens with zero attached hydrogens (tertiary/aromatic N) is 3. The van der Waals surface area contributed by atoms with Crippen LogP contribution in [0.3, 0.4) is 0 Å². The van der Waals surface area contributed by atoms with Crippen LogP contribution >= 0.6 is 11.3 Å². The zero-order valence-electron chi connectivity index (χ0n) is 19.2. The first-order valence-corrected chi connectivity index (χ1v) is 12.6. The number of amides is 3. The lowest BCUT2D eigenvalue weighted by Crippen LogP contribution is -2.61. The summed E-state index contributed by atoms with van der Waals surface area (Å²) < 4.78 is 46.6. The molecule has 10 nitrogen and oxygen atoms in total. The van der Waals surface area contributed by atoms with Gasteiger partial charge in [-0.25, -0.2) is 22.8 Å². The standard InChI is InChI=1S/C22H23F2N5O5S2/c1-22(32)10-29(11-22)36(33)34-27-21(31)26-18(7-13-5-14(23)8-15(24)6-13)20(30)28(2)16-3-4-19-17(9-16)25-12-35-19/h3-6,8-9,12,18,32H,7,10-11H2,1-2H3,(H2,26,27,31)/t18-,36?/m0/s1. The number of benzene rings is 2. The molecule has 2 heterocycles. The average molecular weight is 540 g/mol. The summed E-state index contributed by atoms with van der Waals surface area (Å²) in [6.07, 6.45) is -0.234. The maximum atomic E-state index is 13.7. The van der Waals surface area contributed by atoms with Gasteiger partial charge in [0.25, 0.3) is 11.3 Å². The molecular weight excluding hydrogens is 516 g/mol. The van der Waals surface area contributed by atoms with Crippen molar-refractivity contribution in [2.75, 3.05) is 25.0 Å². The van der Waals surface area contributed by atoms with E-state index in [1.54, 1.807) is 30.6 Å². The second-order valence-corrected chi connectivity index (χ2v) is 10.6. The van der Waals surface area contributed by atoms with Gasteiger partial charge in [-0.3, -0.25) is 4.79 Å². The Kier molecular flexibility index (Phi) is 7.61. The van der Waals surface area contributed by atoms with E-state index in [9.17, 15) is 27.7 Å². The van der Waals surface area contributed by atoms with Gasteiger partial charge in [-0.2, -0.15) is 14.1 Å². The Hall–Kier alpha value is -3.04. The number of hydroxylamine groups is 1. The molecule has 1 unspecified atom stereocenters. The maximum absolute atomic E-state index is 13.7. The summed E-state index contributed by atoms with van der Waals surface area (Å²) in [6.45, 7) is 1.74. The number of aliphatic hydroxyl groups is 1. The third kappa shape index (κ3) is 6.20. The van der Waals surface area contributed by atoms with Crippen LogP contribution in [0.5, 0.6) is 0 Å². The van der Waals surface area contributed by atoms with Crippen molar-refractivity contribution < 1.29 is 32.0 Å². The Morgan fingerprint density at radius 2 is 1.97 bits per heavy atom. The number of nitrogens with one attached hydrogen (secondary N) is 2. The fraction of sp³-hybridized carbons (Fsp3) is 0.318. The van der Waals surface area contributed by atoms with Crippen molar-refractivity contribution >= 4 is 50.4 Å². The number of β-amino-alcohol motifs (C(OH)–C–C–N with tert-alkyl or cyclic N) is 1. The Bertz CT molecular complexity index is 1290. The number of halogens is 2. The zero-order valence-corrected chi connectivity index (χ0v) is 20.9. The van der Waals surface area contributed by atoms with Crippen LogP contribution in [0.4, 0.5) is 19.3 Å². The van der Waals surface area contributed by atoms with Gasteiger partial charge in [-0.15, -0.1) is 11.3 Å². The highest BCUT2D eigenvalue weighted by molar-refractivity contribution is 7.77. The number of urea groups is 1. The molecule has 2 atom stereocenters. The van der Waals surface area contributed by atoms with Gasteiger partial charge in [-0.1, -0.05) is 0 Å². The number of carbonyl (C=O) groups excluding carboxylic acids is 2. The van der Waals surface area contributed by atoms with E-state index in [2.05, 4.69) is 10.3 Å². The van der Waals surface area contributed by atoms with E-state index >= 15 is 0 Å². The number of rotatable bonds is 8. The molecule has 1 aromatic heterocycles. The van der Waals surface area contributed by atoms with E-state index in [1.807, 2.05) is 5.48 Å². The van der Waals surface area contributed by atoms with Crippen LogP contribution in [0.25, 0.3) is 10.2 Å². The molecule has 0 spiro atoms. The van der Waals surface area contributed by atoms with Gasteiger partial charge in [-0.05, 0) is 42.8 Å². The number of hydrogen-bond acceptors (Lipinski definition) is 7. The fourth-order valence-electron chi connectivity index (χ4n) is 3.71. The summed E-state index contributed by atoms with van der Waals surface area (Å²) in [5, 5.41) is 12.1. The topological polar surface area (TPSA) is 124 Å². The molecule has 192 valence electrons. The van der Waals surface area contributed by atoms with Crippen molar-refractivity contribution in [3.05, 3.63) is 59.1 Å². The molecule has 4 rings (SSSR count). The Balaban J connectivity index is 1.47. The van der Waals surface area contributed by atoms with E-state index in [-0.39, 0.29) is 25.1 Å². The monoisotopic (exact) mass is 539 g/mol. The third-order valence-electron chi connectivity index (χ3n) is 5.45. The van der Waals surface area contributed by atoms with E-state index in [1.165, 1.54) is 27.6 Å². The largest absolute Gasteiger partial charge is 0.387 e. The highest BCUT2D eigenvalue weighted by Gasteiger charge is 2.40. The number of aromatic nitrogens is 1. The van der Waals surface area contributed by atoms with E-state index < -0.39 is 46.5 Å². The van der Waals surface area contributed by atoms with Gasteiger partial charge in [0.15, 0.2) is 0 Å². The van der Waals surface area contributed by atoms with Gasteiger partial charge in [0.1, 0.15) is 17.7 Å². The first-order chi connectivity index (χ1) is 17.0. The van der Waals surface area contributed by atoms with Gasteiger partial charge >= 0.3 is 6.03 Å². The van der Waals surface area contributed by atoms with Crippen molar-refractivity contribution in [1.82, 2.24) is 20.1 Å². The SMILES string of the molecule is CN(C(=O)[C@H](Cc1cc(F)cc(F)c1)NC(=O)NOS(=O)N1CC(C)(O)C1)c1ccc2scnc2c1. The van der Waals surface area contributed by atoms with Crippen molar-refractivity contribution in [1.29, 1.82) is 0 Å². The van der Waals surface area contributed by atoms with Crippen LogP contribution in [-0.4, -0.2) is 62.3 Å².